The van der Waals surface area contributed by atoms with Crippen LogP contribution in [0.15, 0.2) is 182 Å². The largest absolute Gasteiger partial charge is 0.309 e. The lowest BCUT2D eigenvalue weighted by Crippen LogP contribution is -2.14. The number of rotatable bonds is 5. The van der Waals surface area contributed by atoms with Crippen LogP contribution in [-0.4, -0.2) is 19.5 Å². The van der Waals surface area contributed by atoms with Crippen molar-refractivity contribution in [2.75, 3.05) is 0 Å². The van der Waals surface area contributed by atoms with Crippen molar-refractivity contribution in [1.29, 1.82) is 0 Å². The molecule has 5 heteroatoms. The molecule has 1 aliphatic rings. The average Bonchev–Trinajstić information content (AvgIpc) is 3.96. The van der Waals surface area contributed by atoms with Gasteiger partial charge in [-0.1, -0.05) is 171 Å². The van der Waals surface area contributed by atoms with Crippen LogP contribution < -0.4 is 0 Å². The van der Waals surface area contributed by atoms with E-state index in [1.165, 1.54) is 5.56 Å². The van der Waals surface area contributed by atoms with Gasteiger partial charge in [0.1, 0.15) is 0 Å². The summed E-state index contributed by atoms with van der Waals surface area (Å²) in [6.45, 7) is 4.45. The molecule has 0 atom stereocenters. The van der Waals surface area contributed by atoms with Crippen LogP contribution in [0, 0.1) is 0 Å². The summed E-state index contributed by atoms with van der Waals surface area (Å²) in [5.74, 6) is 0.676. The lowest BCUT2D eigenvalue weighted by molar-refractivity contribution is 0.660. The molecule has 0 saturated carbocycles. The molecule has 8 aromatic carbocycles. The van der Waals surface area contributed by atoms with Crippen molar-refractivity contribution < 1.29 is 6.85 Å². The minimum Gasteiger partial charge on any atom is -0.309 e. The number of fused-ring (bicyclic) bond motifs is 9. The second-order valence-corrected chi connectivity index (χ2v) is 16.6. The van der Waals surface area contributed by atoms with Crippen molar-refractivity contribution in [2.24, 2.45) is 0 Å². The summed E-state index contributed by atoms with van der Waals surface area (Å²) < 4.78 is 48.3. The van der Waals surface area contributed by atoms with E-state index >= 15 is 0 Å². The predicted molar refractivity (Wildman–Crippen MR) is 246 cm³/mol. The Morgan fingerprint density at radius 1 is 0.475 bits per heavy atom. The molecular formula is C54H36N4S. The molecule has 278 valence electrons. The molecule has 1 aliphatic carbocycles. The highest BCUT2D eigenvalue weighted by molar-refractivity contribution is 7.26. The third kappa shape index (κ3) is 5.11. The number of hydrogen-bond donors (Lipinski definition) is 0. The Bertz CT molecular complexity index is 3700. The van der Waals surface area contributed by atoms with E-state index in [1.54, 1.807) is 11.3 Å². The Hall–Kier alpha value is -7.21. The highest BCUT2D eigenvalue weighted by Crippen LogP contribution is 2.52. The zero-order valence-electron chi connectivity index (χ0n) is 37.1. The second-order valence-electron chi connectivity index (χ2n) is 15.6. The van der Waals surface area contributed by atoms with Crippen LogP contribution in [-0.2, 0) is 5.41 Å². The minimum absolute atomic E-state index is 0.00153. The minimum atomic E-state index is -0.479. The molecule has 3 aromatic heterocycles. The van der Waals surface area contributed by atoms with Crippen LogP contribution in [0.2, 0.25) is 0 Å². The fourth-order valence-electron chi connectivity index (χ4n) is 9.26. The fourth-order valence-corrected chi connectivity index (χ4v) is 10.6. The summed E-state index contributed by atoms with van der Waals surface area (Å²) >= 11 is 1.68. The second kappa shape index (κ2) is 12.9. The van der Waals surface area contributed by atoms with E-state index in [4.69, 9.17) is 21.8 Å². The van der Waals surface area contributed by atoms with Crippen molar-refractivity contribution in [2.45, 2.75) is 19.3 Å². The zero-order chi connectivity index (χ0) is 43.6. The number of para-hydroxylation sites is 2. The first kappa shape index (κ1) is 29.1. The first-order valence-corrected chi connectivity index (χ1v) is 20.5. The van der Waals surface area contributed by atoms with Crippen LogP contribution >= 0.6 is 11.3 Å². The van der Waals surface area contributed by atoms with Crippen molar-refractivity contribution in [3.63, 3.8) is 0 Å². The van der Waals surface area contributed by atoms with Crippen LogP contribution in [0.25, 0.3) is 104 Å². The van der Waals surface area contributed by atoms with E-state index in [2.05, 4.69) is 146 Å². The Morgan fingerprint density at radius 3 is 1.83 bits per heavy atom. The van der Waals surface area contributed by atoms with Gasteiger partial charge in [-0.25, -0.2) is 15.0 Å². The third-order valence-electron chi connectivity index (χ3n) is 12.0. The summed E-state index contributed by atoms with van der Waals surface area (Å²) in [6, 6.07) is 50.5. The lowest BCUT2D eigenvalue weighted by Gasteiger charge is -2.21. The van der Waals surface area contributed by atoms with Gasteiger partial charge in [0.2, 0.25) is 0 Å². The highest BCUT2D eigenvalue weighted by atomic mass is 32.1. The molecule has 11 aromatic rings. The molecule has 59 heavy (non-hydrogen) atoms. The van der Waals surface area contributed by atoms with E-state index in [0.29, 0.717) is 11.6 Å². The van der Waals surface area contributed by atoms with Crippen molar-refractivity contribution in [3.8, 4) is 62.1 Å². The number of nitrogens with zero attached hydrogens (tertiary/aromatic N) is 4. The van der Waals surface area contributed by atoms with Gasteiger partial charge in [-0.15, -0.1) is 11.3 Å². The van der Waals surface area contributed by atoms with Gasteiger partial charge in [-0.2, -0.15) is 0 Å². The first-order chi connectivity index (χ1) is 31.1. The molecule has 0 fully saturated rings. The van der Waals surface area contributed by atoms with E-state index < -0.39 is 18.1 Å². The van der Waals surface area contributed by atoms with Gasteiger partial charge in [-0.3, -0.25) is 0 Å². The summed E-state index contributed by atoms with van der Waals surface area (Å²) in [5, 5.41) is 4.38. The monoisotopic (exact) mass is 777 g/mol. The van der Waals surface area contributed by atoms with E-state index in [-0.39, 0.29) is 28.9 Å². The maximum absolute atomic E-state index is 9.11. The summed E-state index contributed by atoms with van der Waals surface area (Å²) in [5.41, 5.74) is 10.8. The Labute approximate surface area is 352 Å². The van der Waals surface area contributed by atoms with Crippen molar-refractivity contribution >= 4 is 53.3 Å². The lowest BCUT2D eigenvalue weighted by atomic mass is 9.82. The van der Waals surface area contributed by atoms with Gasteiger partial charge in [0.25, 0.3) is 0 Å². The molecule has 0 unspecified atom stereocenters. The summed E-state index contributed by atoms with van der Waals surface area (Å²) in [4.78, 5) is 15.6. The molecule has 0 saturated heterocycles. The molecule has 0 bridgehead atoms. The molecule has 4 nitrogen and oxygen atoms in total. The van der Waals surface area contributed by atoms with Gasteiger partial charge in [0.05, 0.1) is 17.9 Å². The van der Waals surface area contributed by atoms with Gasteiger partial charge < -0.3 is 4.57 Å². The molecule has 0 amide bonds. The van der Waals surface area contributed by atoms with Crippen LogP contribution in [0.3, 0.4) is 0 Å². The normalized spacial score (nSPS) is 14.2. The summed E-state index contributed by atoms with van der Waals surface area (Å²) in [7, 11) is 0. The molecule has 0 aliphatic heterocycles. The SMILES string of the molecule is [2H]c1c([2H])c([2H])c(-c2nc(-c3cccc4c3-c3ccccc3C4(C)C)nc(-c3cc(-n4c5ccccc5c5ccccc54)cc4c3sc3c(-c5ccccc5)cccc34)n2)c([2H])c1[2H]. The number of aromatic nitrogens is 4. The smallest absolute Gasteiger partial charge is 0.165 e. The van der Waals surface area contributed by atoms with E-state index in [1.807, 2.05) is 24.3 Å². The quantitative estimate of drug-likeness (QED) is 0.175. The third-order valence-corrected chi connectivity index (χ3v) is 13.2. The van der Waals surface area contributed by atoms with Gasteiger partial charge in [-0.05, 0) is 57.6 Å². The Kier molecular flexibility index (Phi) is 6.36. The standard InChI is InChI=1S/C54H36N4S/c1-54(2)44-27-12-9-23-40(44)48-41(26-16-28-45(48)54)52-55-51(34-19-7-4-8-20-34)56-53(57-52)43-32-35(58-46-29-13-10-21-37(46)38-22-11-14-30-47(38)58)31-42-39-25-15-24-36(49(39)59-50(42)43)33-17-5-3-6-18-33/h3-32H,1-2H3/i4D,7D,8D,19D,20D. The topological polar surface area (TPSA) is 43.6 Å². The zero-order valence-corrected chi connectivity index (χ0v) is 32.9. The maximum atomic E-state index is 9.11. The van der Waals surface area contributed by atoms with Crippen LogP contribution in [0.4, 0.5) is 0 Å². The van der Waals surface area contributed by atoms with Crippen LogP contribution in [0.5, 0.6) is 0 Å². The van der Waals surface area contributed by atoms with Gasteiger partial charge in [0.15, 0.2) is 17.5 Å². The maximum Gasteiger partial charge on any atom is 0.165 e. The molecule has 12 rings (SSSR count). The van der Waals surface area contributed by atoms with Gasteiger partial charge in [0, 0.05) is 58.7 Å². The van der Waals surface area contributed by atoms with Crippen LogP contribution in [0.1, 0.15) is 31.8 Å². The molecule has 0 N–H and O–H groups in total. The predicted octanol–water partition coefficient (Wildman–Crippen LogP) is 14.3. The number of benzene rings is 8. The first-order valence-electron chi connectivity index (χ1n) is 22.2. The molecular weight excluding hydrogens is 737 g/mol. The summed E-state index contributed by atoms with van der Waals surface area (Å²) in [6.07, 6.45) is 0. The molecule has 0 spiro atoms. The number of thiophene rings is 1. The highest BCUT2D eigenvalue weighted by Gasteiger charge is 2.37. The van der Waals surface area contributed by atoms with Gasteiger partial charge >= 0.3 is 0 Å². The van der Waals surface area contributed by atoms with E-state index in [9.17, 15) is 0 Å². The molecule has 0 radical (unpaired) electrons. The number of hydrogen-bond acceptors (Lipinski definition) is 4. The Morgan fingerprint density at radius 2 is 1.05 bits per heavy atom. The molecule has 3 heterocycles. The van der Waals surface area contributed by atoms with Crippen molar-refractivity contribution in [1.82, 2.24) is 19.5 Å². The van der Waals surface area contributed by atoms with Crippen molar-refractivity contribution in [3.05, 3.63) is 193 Å². The Balaban J connectivity index is 1.22. The average molecular weight is 778 g/mol. The fraction of sp³-hybridized carbons (Fsp3) is 0.0556. The van der Waals surface area contributed by atoms with E-state index in [0.717, 1.165) is 86.6 Å².